The number of nitrogens with zero attached hydrogens (tertiary/aromatic N) is 4. The Kier molecular flexibility index (Phi) is 15.5. The SMILES string of the molecule is CCC1CC(C(=O)NC(C(C)Cl)C2C[C@@H](O)C(O)[C@@H](SC)O2)CN(CCCNC(=O)N2CCN(c3ccc(N4C[C@H](CNC(C)=O)OC4=O)cc3F)CC2)C1. The van der Waals surface area contributed by atoms with Crippen LogP contribution in [0.25, 0.3) is 0 Å². The molecule has 0 aromatic heterocycles. The normalized spacial score (nSPS) is 28.7. The van der Waals surface area contributed by atoms with Crippen LogP contribution in [-0.2, 0) is 19.1 Å². The molecule has 4 aliphatic heterocycles. The van der Waals surface area contributed by atoms with Gasteiger partial charge in [-0.3, -0.25) is 14.5 Å². The lowest BCUT2D eigenvalue weighted by Crippen LogP contribution is -2.58. The number of anilines is 2. The molecule has 0 saturated carbocycles. The maximum atomic E-state index is 15.3. The number of piperazine rings is 1. The number of nitrogens with one attached hydrogen (secondary N) is 3. The van der Waals surface area contributed by atoms with Gasteiger partial charge < -0.3 is 50.3 Å². The topological polar surface area (TPSA) is 176 Å². The summed E-state index contributed by atoms with van der Waals surface area (Å²) in [4.78, 5) is 57.5. The van der Waals surface area contributed by atoms with Gasteiger partial charge in [-0.2, -0.15) is 0 Å². The van der Waals surface area contributed by atoms with E-state index in [9.17, 15) is 29.4 Å². The number of carbonyl (C=O) groups is 4. The number of hydrogen-bond acceptors (Lipinski definition) is 11. The summed E-state index contributed by atoms with van der Waals surface area (Å²) in [5.74, 6) is -0.706. The van der Waals surface area contributed by atoms with Crippen molar-refractivity contribution in [3.63, 3.8) is 0 Å². The second-order valence-corrected chi connectivity index (χ2v) is 16.6. The molecular formula is C37H57ClFN7O8S. The summed E-state index contributed by atoms with van der Waals surface area (Å²) >= 11 is 7.85. The molecule has 4 heterocycles. The van der Waals surface area contributed by atoms with Gasteiger partial charge in [-0.1, -0.05) is 13.3 Å². The van der Waals surface area contributed by atoms with Crippen LogP contribution in [0.15, 0.2) is 18.2 Å². The summed E-state index contributed by atoms with van der Waals surface area (Å²) in [5, 5.41) is 29.0. The minimum absolute atomic E-state index is 0.0986. The van der Waals surface area contributed by atoms with Crippen LogP contribution in [-0.4, -0.2) is 157 Å². The molecule has 0 radical (unpaired) electrons. The molecule has 5 N–H and O–H groups in total. The second kappa shape index (κ2) is 19.9. The number of carbonyl (C=O) groups excluding carboxylic acids is 4. The monoisotopic (exact) mass is 813 g/mol. The Morgan fingerprint density at radius 1 is 1.09 bits per heavy atom. The van der Waals surface area contributed by atoms with E-state index in [4.69, 9.17) is 21.1 Å². The van der Waals surface area contributed by atoms with Crippen LogP contribution in [0.1, 0.15) is 46.5 Å². The van der Waals surface area contributed by atoms with Crippen molar-refractivity contribution in [1.82, 2.24) is 25.8 Å². The number of piperidine rings is 1. The number of benzene rings is 1. The molecule has 5 rings (SSSR count). The van der Waals surface area contributed by atoms with Crippen LogP contribution in [0.4, 0.5) is 25.4 Å². The van der Waals surface area contributed by atoms with E-state index in [0.717, 1.165) is 25.9 Å². The Hall–Kier alpha value is -3.09. The lowest BCUT2D eigenvalue weighted by atomic mass is 9.86. The number of cyclic esters (lactones) is 1. The number of rotatable bonds is 14. The average Bonchev–Trinajstić information content (AvgIpc) is 3.55. The van der Waals surface area contributed by atoms with Gasteiger partial charge in [-0.15, -0.1) is 23.4 Å². The van der Waals surface area contributed by atoms with Crippen LogP contribution in [0.3, 0.4) is 0 Å². The molecule has 308 valence electrons. The van der Waals surface area contributed by atoms with Gasteiger partial charge in [0.15, 0.2) is 0 Å². The van der Waals surface area contributed by atoms with E-state index < -0.39 is 53.2 Å². The third kappa shape index (κ3) is 11.3. The van der Waals surface area contributed by atoms with E-state index in [1.165, 1.54) is 29.7 Å². The van der Waals surface area contributed by atoms with Crippen LogP contribution in [0.5, 0.6) is 0 Å². The number of likely N-dealkylation sites (tertiary alicyclic amines) is 1. The van der Waals surface area contributed by atoms with Crippen LogP contribution >= 0.6 is 23.4 Å². The summed E-state index contributed by atoms with van der Waals surface area (Å²) in [5.41, 5.74) is 0.153. The van der Waals surface area contributed by atoms with Crippen molar-refractivity contribution < 1.29 is 43.3 Å². The number of ether oxygens (including phenoxy) is 2. The molecular weight excluding hydrogens is 757 g/mol. The maximum absolute atomic E-state index is 15.3. The molecule has 4 aliphatic rings. The first-order valence-electron chi connectivity index (χ1n) is 19.3. The van der Waals surface area contributed by atoms with E-state index >= 15 is 4.39 Å². The Morgan fingerprint density at radius 2 is 1.84 bits per heavy atom. The molecule has 5 amide bonds. The molecule has 15 nitrogen and oxygen atoms in total. The third-order valence-corrected chi connectivity index (χ3v) is 12.1. The molecule has 1 aromatic carbocycles. The van der Waals surface area contributed by atoms with Crippen molar-refractivity contribution in [3.8, 4) is 0 Å². The van der Waals surface area contributed by atoms with E-state index in [-0.39, 0.29) is 43.3 Å². The van der Waals surface area contributed by atoms with Crippen LogP contribution < -0.4 is 25.8 Å². The highest BCUT2D eigenvalue weighted by molar-refractivity contribution is 7.99. The van der Waals surface area contributed by atoms with Crippen molar-refractivity contribution in [2.45, 2.75) is 87.7 Å². The Bertz CT molecular complexity index is 1490. The number of amides is 5. The highest BCUT2D eigenvalue weighted by Gasteiger charge is 2.42. The van der Waals surface area contributed by atoms with Gasteiger partial charge in [0.1, 0.15) is 23.5 Å². The summed E-state index contributed by atoms with van der Waals surface area (Å²) in [6.07, 6.45) is 0.750. The smallest absolute Gasteiger partial charge is 0.414 e. The lowest BCUT2D eigenvalue weighted by molar-refractivity contribution is -0.149. The molecule has 6 unspecified atom stereocenters. The zero-order valence-electron chi connectivity index (χ0n) is 32.1. The molecule has 4 saturated heterocycles. The number of halogens is 2. The first kappa shape index (κ1) is 43.0. The predicted molar refractivity (Wildman–Crippen MR) is 209 cm³/mol. The minimum Gasteiger partial charge on any atom is -0.442 e. The number of hydrogen-bond donors (Lipinski definition) is 5. The van der Waals surface area contributed by atoms with Gasteiger partial charge in [-0.05, 0) is 56.7 Å². The third-order valence-electron chi connectivity index (χ3n) is 11.0. The standard InChI is InChI=1S/C37H57ClFN7O8S/c1-5-24-15-25(34(50)42-32(22(2)38)31-17-30(48)33(49)35(54-31)55-4)20-43(19-24)10-6-9-40-36(51)45-13-11-44(12-14-45)29-8-7-26(16-28(29)39)46-21-27(53-37(46)52)18-41-23(3)47/h7-8,16,22,24-25,27,30-33,35,48-49H,5-6,9-15,17-21H2,1-4H3,(H,40,51)(H,41,47)(H,42,50)/t22?,24?,25?,27-,30+,31?,32?,33?,35+/m0/s1. The minimum atomic E-state index is -1.01. The number of aliphatic hydroxyl groups is 2. The van der Waals surface area contributed by atoms with Crippen molar-refractivity contribution in [2.75, 3.05) is 81.5 Å². The second-order valence-electron chi connectivity index (χ2n) is 15.0. The van der Waals surface area contributed by atoms with Gasteiger partial charge in [0, 0.05) is 59.2 Å². The summed E-state index contributed by atoms with van der Waals surface area (Å²) < 4.78 is 26.6. The summed E-state index contributed by atoms with van der Waals surface area (Å²) in [6.45, 7) is 10.1. The number of urea groups is 1. The molecule has 4 fully saturated rings. The van der Waals surface area contributed by atoms with Crippen LogP contribution in [0.2, 0.25) is 0 Å². The van der Waals surface area contributed by atoms with Gasteiger partial charge in [0.05, 0.1) is 54.0 Å². The van der Waals surface area contributed by atoms with E-state index in [1.54, 1.807) is 30.2 Å². The molecule has 18 heteroatoms. The highest BCUT2D eigenvalue weighted by Crippen LogP contribution is 2.32. The van der Waals surface area contributed by atoms with Gasteiger partial charge >= 0.3 is 12.1 Å². The maximum Gasteiger partial charge on any atom is 0.414 e. The van der Waals surface area contributed by atoms with Crippen molar-refractivity contribution in [3.05, 3.63) is 24.0 Å². The summed E-state index contributed by atoms with van der Waals surface area (Å²) in [6, 6.07) is 3.90. The fraction of sp³-hybridized carbons (Fsp3) is 0.730. The van der Waals surface area contributed by atoms with Gasteiger partial charge in [-0.25, -0.2) is 14.0 Å². The summed E-state index contributed by atoms with van der Waals surface area (Å²) in [7, 11) is 0. The zero-order chi connectivity index (χ0) is 39.8. The van der Waals surface area contributed by atoms with Crippen molar-refractivity contribution in [2.24, 2.45) is 11.8 Å². The molecule has 9 atom stereocenters. The molecule has 1 aromatic rings. The largest absolute Gasteiger partial charge is 0.442 e. The van der Waals surface area contributed by atoms with Crippen molar-refractivity contribution in [1.29, 1.82) is 0 Å². The number of aliphatic hydroxyl groups excluding tert-OH is 2. The molecule has 0 spiro atoms. The van der Waals surface area contributed by atoms with Gasteiger partial charge in [0.2, 0.25) is 11.8 Å². The number of thioether (sulfide) groups is 1. The Labute approximate surface area is 331 Å². The lowest BCUT2D eigenvalue weighted by Gasteiger charge is -2.42. The van der Waals surface area contributed by atoms with Crippen LogP contribution in [0, 0.1) is 17.7 Å². The Morgan fingerprint density at radius 3 is 2.49 bits per heavy atom. The van der Waals surface area contributed by atoms with Gasteiger partial charge in [0.25, 0.3) is 0 Å². The fourth-order valence-corrected chi connectivity index (χ4v) is 8.77. The molecule has 55 heavy (non-hydrogen) atoms. The average molecular weight is 814 g/mol. The predicted octanol–water partition coefficient (Wildman–Crippen LogP) is 2.17. The van der Waals surface area contributed by atoms with E-state index in [2.05, 4.69) is 27.8 Å². The zero-order valence-corrected chi connectivity index (χ0v) is 33.7. The highest BCUT2D eigenvalue weighted by atomic mass is 35.5. The van der Waals surface area contributed by atoms with E-state index in [1.807, 2.05) is 4.90 Å². The first-order chi connectivity index (χ1) is 26.3. The van der Waals surface area contributed by atoms with E-state index in [0.29, 0.717) is 63.0 Å². The number of alkyl halides is 1. The molecule has 0 aliphatic carbocycles. The Balaban J connectivity index is 1.04. The van der Waals surface area contributed by atoms with Crippen molar-refractivity contribution >= 4 is 58.7 Å². The first-order valence-corrected chi connectivity index (χ1v) is 21.0. The quantitative estimate of drug-likeness (QED) is 0.138. The fourth-order valence-electron chi connectivity index (χ4n) is 7.83. The molecule has 0 bridgehead atoms.